The summed E-state index contributed by atoms with van der Waals surface area (Å²) in [4.78, 5) is 2.37. The number of hydrogen-bond donors (Lipinski definition) is 0. The van der Waals surface area contributed by atoms with Gasteiger partial charge in [0.2, 0.25) is 0 Å². The second-order valence-electron chi connectivity index (χ2n) is 14.4. The Balaban J connectivity index is 1.18. The number of rotatable bonds is 6. The minimum Gasteiger partial charge on any atom is -0.453 e. The molecular formula is C53H35NO. The Labute approximate surface area is 320 Å². The summed E-state index contributed by atoms with van der Waals surface area (Å²) in [5.41, 5.74) is 14.3. The molecule has 0 amide bonds. The van der Waals surface area contributed by atoms with Crippen molar-refractivity contribution < 1.29 is 4.42 Å². The van der Waals surface area contributed by atoms with Crippen LogP contribution in [0.3, 0.4) is 0 Å². The van der Waals surface area contributed by atoms with E-state index in [4.69, 9.17) is 4.42 Å². The van der Waals surface area contributed by atoms with Crippen LogP contribution in [0.4, 0.5) is 17.1 Å². The van der Waals surface area contributed by atoms with E-state index in [1.807, 2.05) is 0 Å². The zero-order chi connectivity index (χ0) is 36.3. The van der Waals surface area contributed by atoms with Gasteiger partial charge in [-0.25, -0.2) is 0 Å². The van der Waals surface area contributed by atoms with Gasteiger partial charge in [-0.2, -0.15) is 0 Å². The van der Waals surface area contributed by atoms with Crippen molar-refractivity contribution in [1.29, 1.82) is 0 Å². The number of furan rings is 1. The fraction of sp³-hybridized carbons (Fsp3) is 0.0189. The number of fused-ring (bicyclic) bond motifs is 8. The average molecular weight is 702 g/mol. The first-order chi connectivity index (χ1) is 27.3. The lowest BCUT2D eigenvalue weighted by Gasteiger charge is -2.35. The van der Waals surface area contributed by atoms with Crippen LogP contribution in [0.2, 0.25) is 0 Å². The summed E-state index contributed by atoms with van der Waals surface area (Å²) in [6.45, 7) is 0. The van der Waals surface area contributed by atoms with Crippen LogP contribution in [0.1, 0.15) is 22.3 Å². The summed E-state index contributed by atoms with van der Waals surface area (Å²) in [6, 6.07) is 76.9. The molecule has 0 N–H and O–H groups in total. The van der Waals surface area contributed by atoms with E-state index in [9.17, 15) is 0 Å². The normalized spacial score (nSPS) is 12.9. The van der Waals surface area contributed by atoms with Crippen molar-refractivity contribution in [2.24, 2.45) is 0 Å². The summed E-state index contributed by atoms with van der Waals surface area (Å²) < 4.78 is 6.98. The molecule has 2 nitrogen and oxygen atoms in total. The highest BCUT2D eigenvalue weighted by molar-refractivity contribution is 6.17. The van der Waals surface area contributed by atoms with Crippen molar-refractivity contribution >= 4 is 49.8 Å². The molecule has 10 aromatic rings. The van der Waals surface area contributed by atoms with Gasteiger partial charge in [0, 0.05) is 27.5 Å². The topological polar surface area (TPSA) is 16.4 Å². The average Bonchev–Trinajstić information content (AvgIpc) is 3.80. The van der Waals surface area contributed by atoms with Gasteiger partial charge in [0.05, 0.1) is 11.1 Å². The Hall–Kier alpha value is -7.16. The first kappa shape index (κ1) is 31.4. The Morgan fingerprint density at radius 1 is 0.364 bits per heavy atom. The summed E-state index contributed by atoms with van der Waals surface area (Å²) in [5.74, 6) is 0. The molecule has 0 bridgehead atoms. The summed E-state index contributed by atoms with van der Waals surface area (Å²) in [7, 11) is 0. The molecule has 1 aliphatic rings. The Morgan fingerprint density at radius 2 is 0.945 bits per heavy atom. The maximum absolute atomic E-state index is 6.98. The molecule has 0 aliphatic heterocycles. The second-order valence-corrected chi connectivity index (χ2v) is 14.4. The van der Waals surface area contributed by atoms with Gasteiger partial charge in [-0.05, 0) is 86.3 Å². The number of nitrogens with zero attached hydrogens (tertiary/aromatic N) is 1. The molecule has 0 saturated carbocycles. The smallest absolute Gasteiger partial charge is 0.159 e. The molecule has 11 rings (SSSR count). The van der Waals surface area contributed by atoms with E-state index in [2.05, 4.69) is 217 Å². The van der Waals surface area contributed by atoms with Crippen LogP contribution < -0.4 is 4.90 Å². The van der Waals surface area contributed by atoms with E-state index in [1.165, 1.54) is 49.9 Å². The second kappa shape index (κ2) is 12.5. The fourth-order valence-corrected chi connectivity index (χ4v) is 9.14. The van der Waals surface area contributed by atoms with Crippen molar-refractivity contribution in [1.82, 2.24) is 0 Å². The van der Waals surface area contributed by atoms with Gasteiger partial charge >= 0.3 is 0 Å². The Morgan fingerprint density at radius 3 is 1.71 bits per heavy atom. The number of para-hydroxylation sites is 1. The van der Waals surface area contributed by atoms with Gasteiger partial charge in [-0.3, -0.25) is 0 Å². The lowest BCUT2D eigenvalue weighted by Crippen LogP contribution is -2.28. The molecule has 0 spiro atoms. The molecule has 1 aromatic heterocycles. The van der Waals surface area contributed by atoms with Gasteiger partial charge in [0.25, 0.3) is 0 Å². The van der Waals surface area contributed by atoms with Gasteiger partial charge in [0.1, 0.15) is 5.58 Å². The van der Waals surface area contributed by atoms with Crippen LogP contribution >= 0.6 is 0 Å². The monoisotopic (exact) mass is 701 g/mol. The maximum Gasteiger partial charge on any atom is 0.159 e. The zero-order valence-corrected chi connectivity index (χ0v) is 30.1. The van der Waals surface area contributed by atoms with E-state index in [-0.39, 0.29) is 0 Å². The molecule has 1 aliphatic carbocycles. The van der Waals surface area contributed by atoms with E-state index < -0.39 is 5.41 Å². The summed E-state index contributed by atoms with van der Waals surface area (Å²) in [5, 5.41) is 4.50. The van der Waals surface area contributed by atoms with Gasteiger partial charge in [-0.15, -0.1) is 0 Å². The van der Waals surface area contributed by atoms with Gasteiger partial charge in [0.15, 0.2) is 5.58 Å². The van der Waals surface area contributed by atoms with Crippen LogP contribution in [0.15, 0.2) is 217 Å². The largest absolute Gasteiger partial charge is 0.453 e. The lowest BCUT2D eigenvalue weighted by atomic mass is 9.67. The molecule has 0 unspecified atom stereocenters. The molecule has 0 radical (unpaired) electrons. The van der Waals surface area contributed by atoms with E-state index >= 15 is 0 Å². The minimum absolute atomic E-state index is 0.516. The molecule has 2 heteroatoms. The van der Waals surface area contributed by atoms with Crippen LogP contribution in [0, 0.1) is 0 Å². The van der Waals surface area contributed by atoms with Crippen LogP contribution in [-0.2, 0) is 5.41 Å². The highest BCUT2D eigenvalue weighted by Gasteiger charge is 2.46. The fourth-order valence-electron chi connectivity index (χ4n) is 9.14. The van der Waals surface area contributed by atoms with Crippen molar-refractivity contribution in [2.75, 3.05) is 4.90 Å². The van der Waals surface area contributed by atoms with Gasteiger partial charge in [-0.1, -0.05) is 176 Å². The first-order valence-corrected chi connectivity index (χ1v) is 18.9. The van der Waals surface area contributed by atoms with Crippen LogP contribution in [-0.4, -0.2) is 0 Å². The van der Waals surface area contributed by atoms with Crippen LogP contribution in [0.25, 0.3) is 55.0 Å². The van der Waals surface area contributed by atoms with E-state index in [1.54, 1.807) is 0 Å². The molecular weight excluding hydrogens is 667 g/mol. The summed E-state index contributed by atoms with van der Waals surface area (Å²) in [6.07, 6.45) is 0. The molecule has 9 aromatic carbocycles. The SMILES string of the molecule is c1ccc(-c2ccc(N(c3cccc(C4(c5ccccc5)c5ccccc5-c5ccccc54)c3)c3cccc4c3oc3c5ccccc5ccc43)cc2)cc1. The molecule has 0 atom stereocenters. The van der Waals surface area contributed by atoms with Crippen molar-refractivity contribution in [3.05, 3.63) is 235 Å². The van der Waals surface area contributed by atoms with Crippen LogP contribution in [0.5, 0.6) is 0 Å². The highest BCUT2D eigenvalue weighted by Crippen LogP contribution is 2.56. The van der Waals surface area contributed by atoms with E-state index in [0.717, 1.165) is 44.4 Å². The number of benzene rings is 9. The van der Waals surface area contributed by atoms with Crippen molar-refractivity contribution in [3.63, 3.8) is 0 Å². The molecule has 258 valence electrons. The standard InChI is InChI=1S/C53H35NO/c1-3-15-36(16-4-1)37-29-32-41(33-30-37)54(50-28-14-25-46-47-34-31-38-17-7-8-22-43(38)51(47)55-52(46)50)42-21-13-20-40(35-42)53(39-18-5-2-6-19-39)48-26-11-9-23-44(48)45-24-10-12-27-49(45)53/h1-35H. The molecule has 55 heavy (non-hydrogen) atoms. The quantitative estimate of drug-likeness (QED) is 0.172. The first-order valence-electron chi connectivity index (χ1n) is 18.9. The van der Waals surface area contributed by atoms with Crippen molar-refractivity contribution in [3.8, 4) is 22.3 Å². The lowest BCUT2D eigenvalue weighted by molar-refractivity contribution is 0.673. The predicted octanol–water partition coefficient (Wildman–Crippen LogP) is 14.2. The molecule has 0 fully saturated rings. The maximum atomic E-state index is 6.98. The molecule has 1 heterocycles. The Bertz CT molecular complexity index is 2990. The number of hydrogen-bond acceptors (Lipinski definition) is 2. The minimum atomic E-state index is -0.516. The van der Waals surface area contributed by atoms with Crippen molar-refractivity contribution in [2.45, 2.75) is 5.41 Å². The Kier molecular flexibility index (Phi) is 7.11. The third-order valence-electron chi connectivity index (χ3n) is 11.5. The predicted molar refractivity (Wildman–Crippen MR) is 229 cm³/mol. The third-order valence-corrected chi connectivity index (χ3v) is 11.5. The number of anilines is 3. The summed E-state index contributed by atoms with van der Waals surface area (Å²) >= 11 is 0. The van der Waals surface area contributed by atoms with Gasteiger partial charge < -0.3 is 9.32 Å². The van der Waals surface area contributed by atoms with E-state index in [0.29, 0.717) is 0 Å². The highest BCUT2D eigenvalue weighted by atomic mass is 16.3. The molecule has 0 saturated heterocycles. The third kappa shape index (κ3) is 4.75. The zero-order valence-electron chi connectivity index (χ0n) is 30.1.